The molecule has 0 unspecified atom stereocenters. The zero-order valence-corrected chi connectivity index (χ0v) is 18.0. The van der Waals surface area contributed by atoms with Gasteiger partial charge >= 0.3 is 5.97 Å². The van der Waals surface area contributed by atoms with E-state index in [9.17, 15) is 4.79 Å². The zero-order chi connectivity index (χ0) is 19.6. The summed E-state index contributed by atoms with van der Waals surface area (Å²) in [5, 5.41) is 0.643. The number of fused-ring (bicyclic) bond motifs is 1. The van der Waals surface area contributed by atoms with E-state index in [4.69, 9.17) is 66.3 Å². The first kappa shape index (κ1) is 19.6. The normalized spacial score (nSPS) is 28.6. The second-order valence-corrected chi connectivity index (χ2v) is 9.28. The molecule has 1 aromatic carbocycles. The summed E-state index contributed by atoms with van der Waals surface area (Å²) in [6.07, 6.45) is 2.82. The van der Waals surface area contributed by atoms with Crippen LogP contribution < -0.4 is 15.2 Å². The van der Waals surface area contributed by atoms with Gasteiger partial charge in [-0.3, -0.25) is 0 Å². The van der Waals surface area contributed by atoms with Crippen molar-refractivity contribution >= 4 is 64.1 Å². The summed E-state index contributed by atoms with van der Waals surface area (Å²) < 4.78 is 18.0. The number of hydrogen-bond acceptors (Lipinski definition) is 6. The molecule has 0 spiro atoms. The molecule has 0 aromatic heterocycles. The molecular weight excluding hydrogens is 456 g/mol. The third-order valence-electron chi connectivity index (χ3n) is 5.03. The first-order valence-electron chi connectivity index (χ1n) is 8.38. The predicted octanol–water partition coefficient (Wildman–Crippen LogP) is 5.56. The third kappa shape index (κ3) is 2.57. The molecule has 2 aliphatic heterocycles. The highest BCUT2D eigenvalue weighted by Gasteiger charge is 2.69. The SMILES string of the molecule is CCOC(=O)C1=C(N)S[C@@]23CCCC[C@@]12Oc1c(Cl)c(Cl)c(Cl)c(Cl)c1O3. The highest BCUT2D eigenvalue weighted by atomic mass is 35.5. The van der Waals surface area contributed by atoms with Crippen LogP contribution in [0.15, 0.2) is 10.6 Å². The molecule has 27 heavy (non-hydrogen) atoms. The Kier molecular flexibility index (Phi) is 4.87. The Labute approximate surface area is 180 Å². The van der Waals surface area contributed by atoms with E-state index in [1.807, 2.05) is 0 Å². The summed E-state index contributed by atoms with van der Waals surface area (Å²) in [5.74, 6) is -0.162. The average Bonchev–Trinajstić information content (AvgIpc) is 2.91. The van der Waals surface area contributed by atoms with E-state index >= 15 is 0 Å². The van der Waals surface area contributed by atoms with Gasteiger partial charge in [-0.05, 0) is 26.2 Å². The van der Waals surface area contributed by atoms with Gasteiger partial charge in [0.1, 0.15) is 15.6 Å². The van der Waals surface area contributed by atoms with Crippen LogP contribution in [0, 0.1) is 0 Å². The molecule has 4 rings (SSSR count). The van der Waals surface area contributed by atoms with Crippen molar-refractivity contribution in [3.05, 3.63) is 30.7 Å². The average molecular weight is 471 g/mol. The molecule has 1 fully saturated rings. The standard InChI is InChI=1S/C17H15Cl4NO4S/c1-2-24-15(23)7-14(22)27-17-6-4-3-5-16(7,17)25-12-10(20)8(18)9(19)11(21)13(12)26-17/h2-6,22H2,1H3/t16-,17+/m1/s1. The van der Waals surface area contributed by atoms with Crippen LogP contribution in [0.3, 0.4) is 0 Å². The quantitative estimate of drug-likeness (QED) is 0.346. The van der Waals surface area contributed by atoms with E-state index in [0.717, 1.165) is 12.8 Å². The largest absolute Gasteiger partial charge is 0.471 e. The smallest absolute Gasteiger partial charge is 0.340 e. The van der Waals surface area contributed by atoms with Crippen LogP contribution in [-0.4, -0.2) is 23.1 Å². The lowest BCUT2D eigenvalue weighted by molar-refractivity contribution is -0.146. The van der Waals surface area contributed by atoms with Crippen LogP contribution in [0.1, 0.15) is 32.6 Å². The molecule has 0 saturated heterocycles. The topological polar surface area (TPSA) is 70.8 Å². The summed E-state index contributed by atoms with van der Waals surface area (Å²) in [7, 11) is 0. The van der Waals surface area contributed by atoms with E-state index in [1.165, 1.54) is 11.8 Å². The van der Waals surface area contributed by atoms with Crippen LogP contribution in [0.5, 0.6) is 11.5 Å². The maximum atomic E-state index is 12.7. The number of rotatable bonds is 2. The lowest BCUT2D eigenvalue weighted by Gasteiger charge is -2.51. The fourth-order valence-electron chi connectivity index (χ4n) is 3.92. The van der Waals surface area contributed by atoms with Gasteiger partial charge in [-0.25, -0.2) is 4.79 Å². The van der Waals surface area contributed by atoms with Gasteiger partial charge in [0, 0.05) is 6.42 Å². The van der Waals surface area contributed by atoms with Crippen molar-refractivity contribution < 1.29 is 19.0 Å². The summed E-state index contributed by atoms with van der Waals surface area (Å²) in [5.41, 5.74) is 5.38. The minimum atomic E-state index is -1.14. The number of carbonyl (C=O) groups is 1. The predicted molar refractivity (Wildman–Crippen MR) is 107 cm³/mol. The maximum absolute atomic E-state index is 12.7. The van der Waals surface area contributed by atoms with Gasteiger partial charge in [0.15, 0.2) is 17.1 Å². The summed E-state index contributed by atoms with van der Waals surface area (Å²) in [6, 6.07) is 0. The Balaban J connectivity index is 1.94. The molecule has 2 N–H and O–H groups in total. The maximum Gasteiger partial charge on any atom is 0.340 e. The first-order chi connectivity index (χ1) is 12.8. The van der Waals surface area contributed by atoms with Gasteiger partial charge < -0.3 is 19.9 Å². The minimum absolute atomic E-state index is 0.0608. The van der Waals surface area contributed by atoms with Crippen LogP contribution in [-0.2, 0) is 9.53 Å². The summed E-state index contributed by atoms with van der Waals surface area (Å²) in [6.45, 7) is 1.95. The highest BCUT2D eigenvalue weighted by molar-refractivity contribution is 8.04. The number of benzene rings is 1. The van der Waals surface area contributed by atoms with Crippen molar-refractivity contribution in [2.45, 2.75) is 43.1 Å². The molecule has 5 nitrogen and oxygen atoms in total. The Morgan fingerprint density at radius 1 is 1.07 bits per heavy atom. The number of hydrogen-bond donors (Lipinski definition) is 1. The molecule has 10 heteroatoms. The molecule has 1 aliphatic carbocycles. The molecule has 0 bridgehead atoms. The lowest BCUT2D eigenvalue weighted by atomic mass is 9.75. The van der Waals surface area contributed by atoms with Gasteiger partial charge in [-0.1, -0.05) is 58.2 Å². The van der Waals surface area contributed by atoms with E-state index in [2.05, 4.69) is 0 Å². The zero-order valence-electron chi connectivity index (χ0n) is 14.2. The second kappa shape index (κ2) is 6.70. The van der Waals surface area contributed by atoms with Gasteiger partial charge in [0.25, 0.3) is 0 Å². The van der Waals surface area contributed by atoms with E-state index < -0.39 is 16.5 Å². The molecule has 1 saturated carbocycles. The number of thioether (sulfide) groups is 1. The van der Waals surface area contributed by atoms with Gasteiger partial charge in [-0.2, -0.15) is 0 Å². The van der Waals surface area contributed by atoms with Crippen LogP contribution in [0.4, 0.5) is 0 Å². The van der Waals surface area contributed by atoms with Crippen molar-refractivity contribution in [3.63, 3.8) is 0 Å². The Morgan fingerprint density at radius 2 is 1.67 bits per heavy atom. The monoisotopic (exact) mass is 469 g/mol. The minimum Gasteiger partial charge on any atom is -0.471 e. The molecular formula is C17H15Cl4NO4S. The Morgan fingerprint density at radius 3 is 2.30 bits per heavy atom. The van der Waals surface area contributed by atoms with E-state index in [-0.39, 0.29) is 43.8 Å². The number of halogens is 4. The molecule has 0 amide bonds. The van der Waals surface area contributed by atoms with Gasteiger partial charge in [0.05, 0.1) is 21.7 Å². The fourth-order valence-corrected chi connectivity index (χ4v) is 6.30. The Hall–Kier alpha value is -0.660. The second-order valence-electron chi connectivity index (χ2n) is 6.47. The lowest BCUT2D eigenvalue weighted by Crippen LogP contribution is -2.62. The van der Waals surface area contributed by atoms with Crippen molar-refractivity contribution in [2.75, 3.05) is 6.61 Å². The third-order valence-corrected chi connectivity index (χ3v) is 8.17. The number of nitrogens with two attached hydrogens (primary N) is 1. The van der Waals surface area contributed by atoms with Crippen LogP contribution in [0.2, 0.25) is 20.1 Å². The van der Waals surface area contributed by atoms with Crippen molar-refractivity contribution in [2.24, 2.45) is 5.73 Å². The molecule has 2 atom stereocenters. The van der Waals surface area contributed by atoms with Gasteiger partial charge in [0.2, 0.25) is 4.93 Å². The molecule has 146 valence electrons. The van der Waals surface area contributed by atoms with Gasteiger partial charge in [-0.15, -0.1) is 0 Å². The number of carbonyl (C=O) groups excluding carboxylic acids is 1. The fraction of sp³-hybridized carbons (Fsp3) is 0.471. The van der Waals surface area contributed by atoms with E-state index in [0.29, 0.717) is 17.9 Å². The molecule has 1 aromatic rings. The number of ether oxygens (including phenoxy) is 3. The number of esters is 1. The first-order valence-corrected chi connectivity index (χ1v) is 10.7. The summed E-state index contributed by atoms with van der Waals surface area (Å²) >= 11 is 26.4. The van der Waals surface area contributed by atoms with Crippen molar-refractivity contribution in [1.29, 1.82) is 0 Å². The molecule has 2 heterocycles. The van der Waals surface area contributed by atoms with Crippen molar-refractivity contribution in [3.8, 4) is 11.5 Å². The van der Waals surface area contributed by atoms with Crippen LogP contribution >= 0.6 is 58.2 Å². The highest BCUT2D eigenvalue weighted by Crippen LogP contribution is 2.66. The Bertz CT molecular complexity index is 892. The molecule has 3 aliphatic rings. The van der Waals surface area contributed by atoms with Crippen LogP contribution in [0.25, 0.3) is 0 Å². The summed E-state index contributed by atoms with van der Waals surface area (Å²) in [4.78, 5) is 11.8. The van der Waals surface area contributed by atoms with E-state index in [1.54, 1.807) is 6.92 Å². The molecule has 0 radical (unpaired) electrons. The van der Waals surface area contributed by atoms with Crippen molar-refractivity contribution in [1.82, 2.24) is 0 Å².